The number of rotatable bonds is 5. The molecular weight excluding hydrogens is 288 g/mol. The van der Waals surface area contributed by atoms with Crippen LogP contribution in [0.25, 0.3) is 6.08 Å². The lowest BCUT2D eigenvalue weighted by atomic mass is 10.1. The van der Waals surface area contributed by atoms with E-state index in [-0.39, 0.29) is 11.8 Å². The smallest absolute Gasteiger partial charge is 0.248 e. The lowest BCUT2D eigenvalue weighted by Gasteiger charge is -2.04. The molecule has 0 aliphatic rings. The number of likely N-dealkylation sites (N-methyl/N-ethyl adjacent to an activating group) is 1. The first-order valence-corrected chi connectivity index (χ1v) is 7.42. The van der Waals surface area contributed by atoms with E-state index in [9.17, 15) is 9.59 Å². The van der Waals surface area contributed by atoms with Crippen LogP contribution in [-0.4, -0.2) is 18.9 Å². The molecule has 0 radical (unpaired) electrons. The summed E-state index contributed by atoms with van der Waals surface area (Å²) >= 11 is 0. The maximum Gasteiger partial charge on any atom is 0.248 e. The van der Waals surface area contributed by atoms with Crippen LogP contribution < -0.4 is 10.6 Å². The van der Waals surface area contributed by atoms with Gasteiger partial charge in [0.05, 0.1) is 6.42 Å². The van der Waals surface area contributed by atoms with Crippen molar-refractivity contribution < 1.29 is 9.59 Å². The van der Waals surface area contributed by atoms with E-state index in [2.05, 4.69) is 10.6 Å². The van der Waals surface area contributed by atoms with Gasteiger partial charge in [0.15, 0.2) is 0 Å². The molecule has 2 amide bonds. The van der Waals surface area contributed by atoms with E-state index >= 15 is 0 Å². The van der Waals surface area contributed by atoms with Gasteiger partial charge in [-0.3, -0.25) is 9.59 Å². The number of benzene rings is 2. The molecule has 0 unspecified atom stereocenters. The number of carbonyl (C=O) groups is 2. The first kappa shape index (κ1) is 16.5. The minimum absolute atomic E-state index is 0.0391. The highest BCUT2D eigenvalue weighted by Gasteiger charge is 2.02. The van der Waals surface area contributed by atoms with E-state index in [1.807, 2.05) is 43.3 Å². The van der Waals surface area contributed by atoms with Gasteiger partial charge in [-0.05, 0) is 36.3 Å². The molecule has 2 rings (SSSR count). The number of hydrogen-bond donors (Lipinski definition) is 2. The Morgan fingerprint density at radius 3 is 2.26 bits per heavy atom. The maximum absolute atomic E-state index is 11.9. The predicted octanol–water partition coefficient (Wildman–Crippen LogP) is 2.94. The first-order chi connectivity index (χ1) is 11.1. The number of amides is 2. The molecule has 4 nitrogen and oxygen atoms in total. The Labute approximate surface area is 136 Å². The van der Waals surface area contributed by atoms with Crippen LogP contribution in [0.5, 0.6) is 0 Å². The summed E-state index contributed by atoms with van der Waals surface area (Å²) in [7, 11) is 1.61. The number of aryl methyl sites for hydroxylation is 1. The zero-order chi connectivity index (χ0) is 16.7. The van der Waals surface area contributed by atoms with Crippen molar-refractivity contribution in [1.29, 1.82) is 0 Å². The van der Waals surface area contributed by atoms with Crippen molar-refractivity contribution in [3.05, 3.63) is 71.3 Å². The molecule has 0 aromatic heterocycles. The fraction of sp³-hybridized carbons (Fsp3) is 0.158. The third-order valence-electron chi connectivity index (χ3n) is 3.37. The molecular formula is C19H20N2O2. The Hall–Kier alpha value is -2.88. The van der Waals surface area contributed by atoms with Crippen molar-refractivity contribution in [2.24, 2.45) is 0 Å². The highest BCUT2D eigenvalue weighted by atomic mass is 16.2. The van der Waals surface area contributed by atoms with Crippen LogP contribution in [0.3, 0.4) is 0 Å². The highest BCUT2D eigenvalue weighted by Crippen LogP contribution is 2.11. The molecule has 2 N–H and O–H groups in total. The van der Waals surface area contributed by atoms with Crippen molar-refractivity contribution in [2.75, 3.05) is 12.4 Å². The van der Waals surface area contributed by atoms with Gasteiger partial charge in [-0.15, -0.1) is 0 Å². The Morgan fingerprint density at radius 1 is 1.00 bits per heavy atom. The molecule has 2 aromatic carbocycles. The SMILES string of the molecule is CNC(=O)Cc1ccc(NC(=O)/C=C/c2ccc(C)cc2)cc1. The predicted molar refractivity (Wildman–Crippen MR) is 93.1 cm³/mol. The van der Waals surface area contributed by atoms with E-state index in [0.29, 0.717) is 12.1 Å². The molecule has 0 saturated heterocycles. The van der Waals surface area contributed by atoms with E-state index in [4.69, 9.17) is 0 Å². The lowest BCUT2D eigenvalue weighted by molar-refractivity contribution is -0.120. The molecule has 23 heavy (non-hydrogen) atoms. The van der Waals surface area contributed by atoms with Gasteiger partial charge in [-0.25, -0.2) is 0 Å². The topological polar surface area (TPSA) is 58.2 Å². The maximum atomic E-state index is 11.9. The van der Waals surface area contributed by atoms with Gasteiger partial charge in [-0.1, -0.05) is 42.0 Å². The molecule has 0 spiro atoms. The first-order valence-electron chi connectivity index (χ1n) is 7.42. The number of hydrogen-bond acceptors (Lipinski definition) is 2. The Balaban J connectivity index is 1.92. The third-order valence-corrected chi connectivity index (χ3v) is 3.37. The van der Waals surface area contributed by atoms with Crippen LogP contribution in [0.4, 0.5) is 5.69 Å². The highest BCUT2D eigenvalue weighted by molar-refractivity contribution is 6.01. The summed E-state index contributed by atoms with van der Waals surface area (Å²) in [6, 6.07) is 15.2. The molecule has 0 fully saturated rings. The molecule has 0 bridgehead atoms. The second-order valence-electron chi connectivity index (χ2n) is 5.28. The molecule has 0 aliphatic heterocycles. The number of anilines is 1. The van der Waals surface area contributed by atoms with Crippen LogP contribution in [0.2, 0.25) is 0 Å². The Morgan fingerprint density at radius 2 is 1.65 bits per heavy atom. The van der Waals surface area contributed by atoms with Gasteiger partial charge in [0.2, 0.25) is 11.8 Å². The van der Waals surface area contributed by atoms with Gasteiger partial charge in [0.1, 0.15) is 0 Å². The minimum Gasteiger partial charge on any atom is -0.359 e. The lowest BCUT2D eigenvalue weighted by Crippen LogP contribution is -2.19. The van der Waals surface area contributed by atoms with Gasteiger partial charge in [0, 0.05) is 18.8 Å². The van der Waals surface area contributed by atoms with Crippen LogP contribution >= 0.6 is 0 Å². The van der Waals surface area contributed by atoms with Crippen molar-refractivity contribution in [2.45, 2.75) is 13.3 Å². The monoisotopic (exact) mass is 308 g/mol. The third kappa shape index (κ3) is 5.43. The fourth-order valence-electron chi connectivity index (χ4n) is 2.01. The summed E-state index contributed by atoms with van der Waals surface area (Å²) < 4.78 is 0. The summed E-state index contributed by atoms with van der Waals surface area (Å²) in [5, 5.41) is 5.37. The van der Waals surface area contributed by atoms with Gasteiger partial charge >= 0.3 is 0 Å². The molecule has 2 aromatic rings. The van der Waals surface area contributed by atoms with E-state index in [1.54, 1.807) is 25.3 Å². The van der Waals surface area contributed by atoms with Gasteiger partial charge in [-0.2, -0.15) is 0 Å². The second-order valence-corrected chi connectivity index (χ2v) is 5.28. The fourth-order valence-corrected chi connectivity index (χ4v) is 2.01. The molecule has 4 heteroatoms. The summed E-state index contributed by atoms with van der Waals surface area (Å²) in [6.45, 7) is 2.02. The second kappa shape index (κ2) is 7.94. The van der Waals surface area contributed by atoms with Crippen molar-refractivity contribution in [1.82, 2.24) is 5.32 Å². The van der Waals surface area contributed by atoms with Crippen LogP contribution in [0, 0.1) is 6.92 Å². The largest absolute Gasteiger partial charge is 0.359 e. The van der Waals surface area contributed by atoms with Crippen molar-refractivity contribution >= 4 is 23.6 Å². The Bertz CT molecular complexity index is 701. The summed E-state index contributed by atoms with van der Waals surface area (Å²) in [6.07, 6.45) is 3.61. The summed E-state index contributed by atoms with van der Waals surface area (Å²) in [4.78, 5) is 23.2. The summed E-state index contributed by atoms with van der Waals surface area (Å²) in [5.74, 6) is -0.229. The number of carbonyl (C=O) groups excluding carboxylic acids is 2. The normalized spacial score (nSPS) is 10.5. The van der Waals surface area contributed by atoms with E-state index < -0.39 is 0 Å². The number of nitrogens with one attached hydrogen (secondary N) is 2. The molecule has 0 aliphatic carbocycles. The minimum atomic E-state index is -0.190. The zero-order valence-corrected chi connectivity index (χ0v) is 13.3. The molecule has 118 valence electrons. The van der Waals surface area contributed by atoms with Crippen molar-refractivity contribution in [3.63, 3.8) is 0 Å². The van der Waals surface area contributed by atoms with E-state index in [1.165, 1.54) is 11.6 Å². The quantitative estimate of drug-likeness (QED) is 0.834. The van der Waals surface area contributed by atoms with Crippen LogP contribution in [-0.2, 0) is 16.0 Å². The van der Waals surface area contributed by atoms with Gasteiger partial charge < -0.3 is 10.6 Å². The van der Waals surface area contributed by atoms with Crippen LogP contribution in [0.15, 0.2) is 54.6 Å². The molecule has 0 atom stereocenters. The summed E-state index contributed by atoms with van der Waals surface area (Å²) in [5.41, 5.74) is 3.76. The molecule has 0 heterocycles. The van der Waals surface area contributed by atoms with Crippen LogP contribution in [0.1, 0.15) is 16.7 Å². The zero-order valence-electron chi connectivity index (χ0n) is 13.3. The van der Waals surface area contributed by atoms with E-state index in [0.717, 1.165) is 11.1 Å². The standard InChI is InChI=1S/C19H20N2O2/c1-14-3-5-15(6-4-14)9-12-18(22)21-17-10-7-16(8-11-17)13-19(23)20-2/h3-12H,13H2,1-2H3,(H,20,23)(H,21,22)/b12-9+. The van der Waals surface area contributed by atoms with Gasteiger partial charge in [0.25, 0.3) is 0 Å². The Kier molecular flexibility index (Phi) is 5.69. The average Bonchev–Trinajstić information content (AvgIpc) is 2.56. The molecule has 0 saturated carbocycles. The van der Waals surface area contributed by atoms with Crippen molar-refractivity contribution in [3.8, 4) is 0 Å². The average molecular weight is 308 g/mol.